The highest BCUT2D eigenvalue weighted by Gasteiger charge is 2.13. The van der Waals surface area contributed by atoms with Crippen molar-refractivity contribution in [2.75, 3.05) is 7.11 Å². The third kappa shape index (κ3) is 4.99. The minimum Gasteiger partial charge on any atom is -0.496 e. The van der Waals surface area contributed by atoms with Crippen molar-refractivity contribution in [1.29, 1.82) is 0 Å². The Balaban J connectivity index is 1.52. The van der Waals surface area contributed by atoms with E-state index in [1.165, 1.54) is 27.8 Å². The van der Waals surface area contributed by atoms with Crippen LogP contribution in [0.3, 0.4) is 0 Å². The predicted molar refractivity (Wildman–Crippen MR) is 121 cm³/mol. The Hall–Kier alpha value is -2.78. The minimum atomic E-state index is 0.917. The fourth-order valence-corrected chi connectivity index (χ4v) is 4.63. The zero-order valence-corrected chi connectivity index (χ0v) is 17.6. The molecule has 29 heavy (non-hydrogen) atoms. The number of rotatable bonds is 8. The van der Waals surface area contributed by atoms with Crippen molar-refractivity contribution in [3.8, 4) is 5.75 Å². The molecule has 0 aliphatic heterocycles. The van der Waals surface area contributed by atoms with Crippen molar-refractivity contribution in [3.63, 3.8) is 0 Å². The average Bonchev–Trinajstić information content (AvgIpc) is 2.78. The summed E-state index contributed by atoms with van der Waals surface area (Å²) < 4.78 is 7.93. The second-order valence-electron chi connectivity index (χ2n) is 7.12. The van der Waals surface area contributed by atoms with Gasteiger partial charge in [-0.25, -0.2) is 0 Å². The number of hydrogen-bond donors (Lipinski definition) is 0. The van der Waals surface area contributed by atoms with Gasteiger partial charge < -0.3 is 4.74 Å². The fourth-order valence-electron chi connectivity index (χ4n) is 3.61. The van der Waals surface area contributed by atoms with Gasteiger partial charge in [0.1, 0.15) is 12.3 Å². The van der Waals surface area contributed by atoms with E-state index in [1.54, 1.807) is 18.9 Å². The second kappa shape index (κ2) is 9.62. The van der Waals surface area contributed by atoms with Gasteiger partial charge in [0.15, 0.2) is 6.20 Å². The number of methoxy groups -OCH3 is 1. The van der Waals surface area contributed by atoms with E-state index in [-0.39, 0.29) is 0 Å². The first-order valence-corrected chi connectivity index (χ1v) is 10.9. The summed E-state index contributed by atoms with van der Waals surface area (Å²) in [6.07, 6.45) is 5.76. The van der Waals surface area contributed by atoms with Crippen LogP contribution in [0.25, 0.3) is 10.9 Å². The number of pyridine rings is 1. The molecule has 0 bridgehead atoms. The summed E-state index contributed by atoms with van der Waals surface area (Å²) in [5.74, 6) is 0.917. The monoisotopic (exact) mass is 400 g/mol. The summed E-state index contributed by atoms with van der Waals surface area (Å²) >= 11 is 1.76. The summed E-state index contributed by atoms with van der Waals surface area (Å²) in [4.78, 5) is 2.37. The first-order valence-electron chi connectivity index (χ1n) is 10.1. The van der Waals surface area contributed by atoms with Gasteiger partial charge in [-0.05, 0) is 42.7 Å². The van der Waals surface area contributed by atoms with E-state index in [1.807, 2.05) is 12.1 Å². The van der Waals surface area contributed by atoms with Crippen molar-refractivity contribution in [2.24, 2.45) is 0 Å². The molecule has 0 unspecified atom stereocenters. The number of para-hydroxylation sites is 2. The molecule has 0 amide bonds. The lowest BCUT2D eigenvalue weighted by Gasteiger charge is -2.09. The zero-order chi connectivity index (χ0) is 19.9. The Labute approximate surface area is 177 Å². The Morgan fingerprint density at radius 3 is 2.45 bits per heavy atom. The summed E-state index contributed by atoms with van der Waals surface area (Å²) in [7, 11) is 1.73. The van der Waals surface area contributed by atoms with E-state index in [2.05, 4.69) is 83.6 Å². The largest absolute Gasteiger partial charge is 0.496 e. The third-order valence-electron chi connectivity index (χ3n) is 5.08. The lowest BCUT2D eigenvalue weighted by molar-refractivity contribution is -0.673. The molecule has 1 heterocycles. The number of aryl methyl sites for hydroxylation is 2. The summed E-state index contributed by atoms with van der Waals surface area (Å²) in [6.45, 7) is 1.02. The van der Waals surface area contributed by atoms with Crippen molar-refractivity contribution in [2.45, 2.75) is 35.6 Å². The molecule has 2 nitrogen and oxygen atoms in total. The van der Waals surface area contributed by atoms with Gasteiger partial charge in [-0.3, -0.25) is 0 Å². The van der Waals surface area contributed by atoms with Crippen LogP contribution in [-0.4, -0.2) is 7.11 Å². The molecule has 0 aliphatic carbocycles. The molecule has 0 N–H and O–H groups in total. The molecule has 146 valence electrons. The quantitative estimate of drug-likeness (QED) is 0.254. The van der Waals surface area contributed by atoms with Crippen LogP contribution < -0.4 is 9.30 Å². The van der Waals surface area contributed by atoms with E-state index in [0.717, 1.165) is 30.0 Å². The summed E-state index contributed by atoms with van der Waals surface area (Å²) in [5.41, 5.74) is 2.71. The van der Waals surface area contributed by atoms with Gasteiger partial charge >= 0.3 is 0 Å². The molecule has 0 saturated heterocycles. The fraction of sp³-hybridized carbons (Fsp3) is 0.192. The molecular formula is C26H26NOS+. The molecule has 0 fully saturated rings. The summed E-state index contributed by atoms with van der Waals surface area (Å²) in [6, 6.07) is 29.9. The standard InChI is InChI=1S/C26H26NOS/c1-28-25-16-7-8-17-26(25)29-23-19-22-14-5-6-15-24(22)27(20-23)18-10-9-13-21-11-3-2-4-12-21/h2-8,11-12,14-17,19-20H,9-10,13,18H2,1H3/q+1. The van der Waals surface area contributed by atoms with Crippen molar-refractivity contribution in [1.82, 2.24) is 0 Å². The third-order valence-corrected chi connectivity index (χ3v) is 6.10. The van der Waals surface area contributed by atoms with Crippen LogP contribution >= 0.6 is 11.8 Å². The van der Waals surface area contributed by atoms with Gasteiger partial charge in [0.25, 0.3) is 0 Å². The number of benzene rings is 3. The van der Waals surface area contributed by atoms with Crippen molar-refractivity contribution in [3.05, 3.63) is 96.7 Å². The van der Waals surface area contributed by atoms with Crippen LogP contribution in [0, 0.1) is 0 Å². The maximum absolute atomic E-state index is 5.53. The lowest BCUT2D eigenvalue weighted by atomic mass is 10.1. The highest BCUT2D eigenvalue weighted by molar-refractivity contribution is 7.99. The van der Waals surface area contributed by atoms with Gasteiger partial charge in [-0.2, -0.15) is 4.57 Å². The zero-order valence-electron chi connectivity index (χ0n) is 16.8. The second-order valence-corrected chi connectivity index (χ2v) is 8.24. The smallest absolute Gasteiger partial charge is 0.212 e. The van der Waals surface area contributed by atoms with Crippen LogP contribution in [0.4, 0.5) is 0 Å². The molecule has 3 heteroatoms. The van der Waals surface area contributed by atoms with E-state index < -0.39 is 0 Å². The van der Waals surface area contributed by atoms with Crippen LogP contribution in [0.15, 0.2) is 101 Å². The van der Waals surface area contributed by atoms with Crippen LogP contribution in [0.2, 0.25) is 0 Å². The number of ether oxygens (including phenoxy) is 1. The minimum absolute atomic E-state index is 0.917. The molecule has 4 aromatic rings. The molecule has 0 spiro atoms. The summed E-state index contributed by atoms with van der Waals surface area (Å²) in [5, 5.41) is 1.27. The Morgan fingerprint density at radius 2 is 1.59 bits per heavy atom. The molecular weight excluding hydrogens is 374 g/mol. The lowest BCUT2D eigenvalue weighted by Crippen LogP contribution is -2.34. The first kappa shape index (κ1) is 19.5. The first-order chi connectivity index (χ1) is 14.3. The Bertz CT molecular complexity index is 1080. The topological polar surface area (TPSA) is 13.1 Å². The molecule has 0 radical (unpaired) electrons. The number of nitrogens with zero attached hydrogens (tertiary/aromatic N) is 1. The van der Waals surface area contributed by atoms with E-state index in [4.69, 9.17) is 4.74 Å². The number of unbranched alkanes of at least 4 members (excludes halogenated alkanes) is 1. The van der Waals surface area contributed by atoms with E-state index in [0.29, 0.717) is 0 Å². The van der Waals surface area contributed by atoms with Crippen LogP contribution in [-0.2, 0) is 13.0 Å². The van der Waals surface area contributed by atoms with Crippen molar-refractivity contribution < 1.29 is 9.30 Å². The SMILES string of the molecule is COc1ccccc1Sc1cc2ccccc2[n+](CCCCc2ccccc2)c1. The van der Waals surface area contributed by atoms with Crippen LogP contribution in [0.1, 0.15) is 18.4 Å². The number of fused-ring (bicyclic) bond motifs is 1. The van der Waals surface area contributed by atoms with Gasteiger partial charge in [-0.15, -0.1) is 0 Å². The molecule has 1 aromatic heterocycles. The van der Waals surface area contributed by atoms with Crippen LogP contribution in [0.5, 0.6) is 5.75 Å². The number of hydrogen-bond acceptors (Lipinski definition) is 2. The van der Waals surface area contributed by atoms with Gasteiger partial charge in [0.05, 0.1) is 16.9 Å². The normalized spacial score (nSPS) is 10.9. The Morgan fingerprint density at radius 1 is 0.828 bits per heavy atom. The highest BCUT2D eigenvalue weighted by Crippen LogP contribution is 2.35. The highest BCUT2D eigenvalue weighted by atomic mass is 32.2. The number of aromatic nitrogens is 1. The Kier molecular flexibility index (Phi) is 6.48. The van der Waals surface area contributed by atoms with E-state index >= 15 is 0 Å². The van der Waals surface area contributed by atoms with E-state index in [9.17, 15) is 0 Å². The molecule has 4 rings (SSSR count). The molecule has 0 saturated carbocycles. The molecule has 0 atom stereocenters. The molecule has 0 aliphatic rings. The van der Waals surface area contributed by atoms with Crippen molar-refractivity contribution >= 4 is 22.7 Å². The van der Waals surface area contributed by atoms with Gasteiger partial charge in [-0.1, -0.05) is 66.4 Å². The predicted octanol–water partition coefficient (Wildman–Crippen LogP) is 6.31. The molecule has 3 aromatic carbocycles. The maximum Gasteiger partial charge on any atom is 0.212 e. The average molecular weight is 401 g/mol. The maximum atomic E-state index is 5.53. The van der Waals surface area contributed by atoms with Gasteiger partial charge in [0.2, 0.25) is 5.52 Å². The van der Waals surface area contributed by atoms with Gasteiger partial charge in [0, 0.05) is 17.9 Å².